The Morgan fingerprint density at radius 1 is 1.22 bits per heavy atom. The molecule has 1 aromatic rings. The molecule has 1 N–H and O–H groups in total. The number of hydrogen-bond donors (Lipinski definition) is 1. The molecule has 0 radical (unpaired) electrons. The Balaban J connectivity index is 1.96. The molecule has 148 valence electrons. The third-order valence-corrected chi connectivity index (χ3v) is 4.68. The summed E-state index contributed by atoms with van der Waals surface area (Å²) in [5.74, 6) is 0. The minimum Gasteiger partial charge on any atom is -0.444 e. The minimum absolute atomic E-state index is 0.00700. The lowest BCUT2D eigenvalue weighted by Crippen LogP contribution is -2.47. The average Bonchev–Trinajstić information content (AvgIpc) is 2.60. The van der Waals surface area contributed by atoms with Crippen LogP contribution >= 0.6 is 0 Å². The van der Waals surface area contributed by atoms with E-state index in [1.807, 2.05) is 45.0 Å². The van der Waals surface area contributed by atoms with Crippen molar-refractivity contribution in [2.75, 3.05) is 39.8 Å². The molecule has 1 amide bonds. The van der Waals surface area contributed by atoms with E-state index in [9.17, 15) is 4.79 Å². The standard InChI is InChI=1S/C21H32N4O2/c1-21(2,3)27-20(26)23-19(9-10-25-13-11-24(4)12-14-25)15-17-5-7-18(16-22)8-6-17/h5-8,19H,9-15H2,1-4H3,(H,23,26)/t19-/m0/s1. The molecule has 1 fully saturated rings. The number of nitriles is 1. The molecule has 0 aromatic heterocycles. The lowest BCUT2D eigenvalue weighted by molar-refractivity contribution is 0.0496. The third kappa shape index (κ3) is 7.98. The molecule has 0 spiro atoms. The van der Waals surface area contributed by atoms with Crippen LogP contribution < -0.4 is 5.32 Å². The monoisotopic (exact) mass is 372 g/mol. The SMILES string of the molecule is CN1CCN(CC[C@@H](Cc2ccc(C#N)cc2)NC(=O)OC(C)(C)C)CC1. The first-order valence-corrected chi connectivity index (χ1v) is 9.64. The molecule has 0 saturated carbocycles. The van der Waals surface area contributed by atoms with Crippen LogP contribution in [0, 0.1) is 11.3 Å². The van der Waals surface area contributed by atoms with Crippen molar-refractivity contribution in [3.05, 3.63) is 35.4 Å². The quantitative estimate of drug-likeness (QED) is 0.831. The number of alkyl carbamates (subject to hydrolysis) is 1. The summed E-state index contributed by atoms with van der Waals surface area (Å²) >= 11 is 0. The predicted octanol–water partition coefficient (Wildman–Crippen LogP) is 2.63. The summed E-state index contributed by atoms with van der Waals surface area (Å²) < 4.78 is 5.43. The highest BCUT2D eigenvalue weighted by molar-refractivity contribution is 5.68. The first-order chi connectivity index (χ1) is 12.7. The summed E-state index contributed by atoms with van der Waals surface area (Å²) in [5.41, 5.74) is 1.24. The number of amides is 1. The highest BCUT2D eigenvalue weighted by Crippen LogP contribution is 2.12. The van der Waals surface area contributed by atoms with E-state index in [2.05, 4.69) is 28.2 Å². The second-order valence-electron chi connectivity index (χ2n) is 8.29. The van der Waals surface area contributed by atoms with E-state index in [1.165, 1.54) is 0 Å². The fraction of sp³-hybridized carbons (Fsp3) is 0.619. The number of carbonyl (C=O) groups excluding carboxylic acids is 1. The normalized spacial score (nSPS) is 17.1. The fourth-order valence-electron chi connectivity index (χ4n) is 3.11. The number of carbonyl (C=O) groups is 1. The smallest absolute Gasteiger partial charge is 0.407 e. The van der Waals surface area contributed by atoms with Crippen molar-refractivity contribution >= 4 is 6.09 Å². The maximum Gasteiger partial charge on any atom is 0.407 e. The van der Waals surface area contributed by atoms with Crippen LogP contribution in [-0.2, 0) is 11.2 Å². The Morgan fingerprint density at radius 2 is 1.85 bits per heavy atom. The van der Waals surface area contributed by atoms with E-state index in [0.717, 1.165) is 51.1 Å². The Bertz CT molecular complexity index is 638. The van der Waals surface area contributed by atoms with E-state index in [0.29, 0.717) is 5.56 Å². The molecule has 1 saturated heterocycles. The number of likely N-dealkylation sites (N-methyl/N-ethyl adjacent to an activating group) is 1. The number of hydrogen-bond acceptors (Lipinski definition) is 5. The van der Waals surface area contributed by atoms with Gasteiger partial charge in [0.25, 0.3) is 0 Å². The number of piperazine rings is 1. The van der Waals surface area contributed by atoms with Gasteiger partial charge in [0.05, 0.1) is 11.6 Å². The minimum atomic E-state index is -0.513. The summed E-state index contributed by atoms with van der Waals surface area (Å²) in [5, 5.41) is 12.0. The lowest BCUT2D eigenvalue weighted by Gasteiger charge is -2.33. The van der Waals surface area contributed by atoms with Gasteiger partial charge in [0.1, 0.15) is 5.60 Å². The number of nitrogens with zero attached hydrogens (tertiary/aromatic N) is 3. The van der Waals surface area contributed by atoms with Crippen LogP contribution in [0.15, 0.2) is 24.3 Å². The van der Waals surface area contributed by atoms with Crippen molar-refractivity contribution in [2.45, 2.75) is 45.3 Å². The number of ether oxygens (including phenoxy) is 1. The Kier molecular flexibility index (Phi) is 7.64. The molecule has 1 aliphatic heterocycles. The Hall–Kier alpha value is -2.10. The average molecular weight is 373 g/mol. The molecule has 0 unspecified atom stereocenters. The fourth-order valence-corrected chi connectivity index (χ4v) is 3.11. The maximum atomic E-state index is 12.3. The van der Waals surface area contributed by atoms with Crippen molar-refractivity contribution < 1.29 is 9.53 Å². The molecule has 0 bridgehead atoms. The summed E-state index contributed by atoms with van der Waals surface area (Å²) in [6, 6.07) is 9.68. The van der Waals surface area contributed by atoms with Gasteiger partial charge >= 0.3 is 6.09 Å². The summed E-state index contributed by atoms with van der Waals surface area (Å²) in [6.45, 7) is 10.8. The van der Waals surface area contributed by atoms with E-state index in [1.54, 1.807) is 0 Å². The van der Waals surface area contributed by atoms with Gasteiger partial charge < -0.3 is 19.9 Å². The van der Waals surface area contributed by atoms with Crippen LogP contribution in [0.4, 0.5) is 4.79 Å². The van der Waals surface area contributed by atoms with E-state index < -0.39 is 5.60 Å². The van der Waals surface area contributed by atoms with E-state index >= 15 is 0 Å². The van der Waals surface area contributed by atoms with Gasteiger partial charge in [-0.3, -0.25) is 0 Å². The highest BCUT2D eigenvalue weighted by atomic mass is 16.6. The van der Waals surface area contributed by atoms with Gasteiger partial charge in [0.2, 0.25) is 0 Å². The first kappa shape index (κ1) is 21.2. The van der Waals surface area contributed by atoms with Crippen LogP contribution in [0.25, 0.3) is 0 Å². The Morgan fingerprint density at radius 3 is 2.41 bits per heavy atom. The molecule has 1 aromatic carbocycles. The molecular formula is C21H32N4O2. The summed E-state index contributed by atoms with van der Waals surface area (Å²) in [6.07, 6.45) is 1.21. The summed E-state index contributed by atoms with van der Waals surface area (Å²) in [7, 11) is 2.15. The van der Waals surface area contributed by atoms with E-state index in [-0.39, 0.29) is 12.1 Å². The highest BCUT2D eigenvalue weighted by Gasteiger charge is 2.21. The zero-order chi connectivity index (χ0) is 19.9. The third-order valence-electron chi connectivity index (χ3n) is 4.68. The molecule has 1 atom stereocenters. The molecule has 6 heteroatoms. The second kappa shape index (κ2) is 9.72. The number of rotatable bonds is 6. The van der Waals surface area contributed by atoms with E-state index in [4.69, 9.17) is 10.00 Å². The van der Waals surface area contributed by atoms with Gasteiger partial charge in [-0.1, -0.05) is 12.1 Å². The first-order valence-electron chi connectivity index (χ1n) is 9.64. The second-order valence-corrected chi connectivity index (χ2v) is 8.29. The molecule has 0 aliphatic carbocycles. The van der Waals surface area contributed by atoms with Gasteiger partial charge in [0, 0.05) is 38.8 Å². The van der Waals surface area contributed by atoms with Gasteiger partial charge in [-0.25, -0.2) is 4.79 Å². The zero-order valence-electron chi connectivity index (χ0n) is 17.0. The van der Waals surface area contributed by atoms with Crippen LogP contribution in [0.2, 0.25) is 0 Å². The molecule has 1 heterocycles. The predicted molar refractivity (Wildman–Crippen MR) is 107 cm³/mol. The molecular weight excluding hydrogens is 340 g/mol. The van der Waals surface area contributed by atoms with Gasteiger partial charge in [-0.2, -0.15) is 5.26 Å². The van der Waals surface area contributed by atoms with Crippen molar-refractivity contribution in [2.24, 2.45) is 0 Å². The van der Waals surface area contributed by atoms with Crippen molar-refractivity contribution in [1.82, 2.24) is 15.1 Å². The van der Waals surface area contributed by atoms with Crippen LogP contribution in [0.3, 0.4) is 0 Å². The lowest BCUT2D eigenvalue weighted by atomic mass is 10.0. The largest absolute Gasteiger partial charge is 0.444 e. The topological polar surface area (TPSA) is 68.6 Å². The molecule has 2 rings (SSSR count). The maximum absolute atomic E-state index is 12.3. The van der Waals surface area contributed by atoms with Crippen molar-refractivity contribution in [3.8, 4) is 6.07 Å². The molecule has 6 nitrogen and oxygen atoms in total. The Labute approximate surface area is 163 Å². The molecule has 1 aliphatic rings. The van der Waals surface area contributed by atoms with Gasteiger partial charge in [-0.15, -0.1) is 0 Å². The molecule has 27 heavy (non-hydrogen) atoms. The number of benzene rings is 1. The van der Waals surface area contributed by atoms with Crippen LogP contribution in [-0.4, -0.2) is 67.3 Å². The van der Waals surface area contributed by atoms with Crippen molar-refractivity contribution in [1.29, 1.82) is 5.26 Å². The van der Waals surface area contributed by atoms with Crippen LogP contribution in [0.5, 0.6) is 0 Å². The zero-order valence-corrected chi connectivity index (χ0v) is 17.0. The van der Waals surface area contributed by atoms with Crippen LogP contribution in [0.1, 0.15) is 38.3 Å². The van der Waals surface area contributed by atoms with Crippen molar-refractivity contribution in [3.63, 3.8) is 0 Å². The van der Waals surface area contributed by atoms with Gasteiger partial charge in [-0.05, 0) is 58.4 Å². The van der Waals surface area contributed by atoms with Gasteiger partial charge in [0.15, 0.2) is 0 Å². The number of nitrogens with one attached hydrogen (secondary N) is 1. The summed E-state index contributed by atoms with van der Waals surface area (Å²) in [4.78, 5) is 17.0.